The van der Waals surface area contributed by atoms with Crippen molar-refractivity contribution >= 4 is 11.9 Å². The van der Waals surface area contributed by atoms with E-state index >= 15 is 0 Å². The van der Waals surface area contributed by atoms with Crippen molar-refractivity contribution in [3.05, 3.63) is 0 Å². The van der Waals surface area contributed by atoms with Gasteiger partial charge in [-0.2, -0.15) is 0 Å². The molecule has 120 valence electrons. The van der Waals surface area contributed by atoms with Crippen molar-refractivity contribution in [2.24, 2.45) is 5.92 Å². The van der Waals surface area contributed by atoms with Crippen LogP contribution in [0.25, 0.3) is 0 Å². The number of carboxylic acids is 1. The molecule has 0 aromatic carbocycles. The first-order valence-electron chi connectivity index (χ1n) is 8.29. The molecule has 2 fully saturated rings. The fraction of sp³-hybridized carbons (Fsp3) is 0.875. The van der Waals surface area contributed by atoms with Crippen molar-refractivity contribution in [1.82, 2.24) is 5.32 Å². The van der Waals surface area contributed by atoms with Crippen molar-refractivity contribution in [3.8, 4) is 0 Å². The lowest BCUT2D eigenvalue weighted by molar-refractivity contribution is -0.143. The number of hydrogen-bond acceptors (Lipinski definition) is 3. The highest BCUT2D eigenvalue weighted by Crippen LogP contribution is 2.26. The van der Waals surface area contributed by atoms with Crippen LogP contribution >= 0.6 is 0 Å². The summed E-state index contributed by atoms with van der Waals surface area (Å²) in [6, 6.07) is 0.359. The number of hydrogen-bond donors (Lipinski definition) is 2. The van der Waals surface area contributed by atoms with Gasteiger partial charge in [0.25, 0.3) is 0 Å². The summed E-state index contributed by atoms with van der Waals surface area (Å²) < 4.78 is 5.72. The maximum absolute atomic E-state index is 11.8. The lowest BCUT2D eigenvalue weighted by Crippen LogP contribution is -2.37. The second-order valence-electron chi connectivity index (χ2n) is 6.34. The molecule has 5 heteroatoms. The monoisotopic (exact) mass is 297 g/mol. The SMILES string of the molecule is O=C(CCOC1CCC(C(=O)O)CC1)NC1CCCCC1. The van der Waals surface area contributed by atoms with E-state index in [-0.39, 0.29) is 17.9 Å². The van der Waals surface area contributed by atoms with Crippen molar-refractivity contribution in [1.29, 1.82) is 0 Å². The zero-order chi connectivity index (χ0) is 15.1. The molecule has 2 aliphatic rings. The van der Waals surface area contributed by atoms with Crippen LogP contribution in [-0.4, -0.2) is 35.7 Å². The maximum Gasteiger partial charge on any atom is 0.306 e. The molecule has 0 aromatic heterocycles. The highest BCUT2D eigenvalue weighted by atomic mass is 16.5. The molecule has 0 radical (unpaired) electrons. The van der Waals surface area contributed by atoms with E-state index in [1.165, 1.54) is 19.3 Å². The van der Waals surface area contributed by atoms with Gasteiger partial charge in [-0.3, -0.25) is 9.59 Å². The summed E-state index contributed by atoms with van der Waals surface area (Å²) in [5, 5.41) is 12.0. The normalized spacial score (nSPS) is 27.2. The first kappa shape index (κ1) is 16.3. The third-order valence-corrected chi connectivity index (χ3v) is 4.68. The van der Waals surface area contributed by atoms with Gasteiger partial charge in [0, 0.05) is 12.5 Å². The van der Waals surface area contributed by atoms with Crippen LogP contribution in [0.5, 0.6) is 0 Å². The van der Waals surface area contributed by atoms with Gasteiger partial charge in [-0.05, 0) is 38.5 Å². The van der Waals surface area contributed by atoms with E-state index in [2.05, 4.69) is 5.32 Å². The van der Waals surface area contributed by atoms with Crippen LogP contribution in [0.15, 0.2) is 0 Å². The van der Waals surface area contributed by atoms with Gasteiger partial charge < -0.3 is 15.2 Å². The minimum Gasteiger partial charge on any atom is -0.481 e. The Morgan fingerprint density at radius 1 is 1.00 bits per heavy atom. The third-order valence-electron chi connectivity index (χ3n) is 4.68. The standard InChI is InChI=1S/C16H27NO4/c18-15(17-13-4-2-1-3-5-13)10-11-21-14-8-6-12(7-9-14)16(19)20/h12-14H,1-11H2,(H,17,18)(H,19,20). The van der Waals surface area contributed by atoms with Crippen molar-refractivity contribution in [3.63, 3.8) is 0 Å². The molecule has 0 unspecified atom stereocenters. The molecule has 0 heterocycles. The van der Waals surface area contributed by atoms with Crippen molar-refractivity contribution in [2.45, 2.75) is 76.4 Å². The summed E-state index contributed by atoms with van der Waals surface area (Å²) in [6.07, 6.45) is 9.43. The molecule has 5 nitrogen and oxygen atoms in total. The molecule has 0 aromatic rings. The molecule has 0 spiro atoms. The Kier molecular flexibility index (Phi) is 6.49. The Bertz CT molecular complexity index is 344. The predicted octanol–water partition coefficient (Wildman–Crippen LogP) is 2.49. The molecule has 0 aliphatic heterocycles. The fourth-order valence-corrected chi connectivity index (χ4v) is 3.34. The summed E-state index contributed by atoms with van der Waals surface area (Å²) in [7, 11) is 0. The Hall–Kier alpha value is -1.10. The van der Waals surface area contributed by atoms with Crippen LogP contribution < -0.4 is 5.32 Å². The Morgan fingerprint density at radius 3 is 2.29 bits per heavy atom. The summed E-state index contributed by atoms with van der Waals surface area (Å²) in [6.45, 7) is 0.445. The van der Waals surface area contributed by atoms with Crippen LogP contribution in [-0.2, 0) is 14.3 Å². The molecular formula is C16H27NO4. The second-order valence-corrected chi connectivity index (χ2v) is 6.34. The van der Waals surface area contributed by atoms with E-state index in [1.807, 2.05) is 0 Å². The number of aliphatic carboxylic acids is 1. The van der Waals surface area contributed by atoms with Gasteiger partial charge in [0.2, 0.25) is 5.91 Å². The summed E-state index contributed by atoms with van der Waals surface area (Å²) in [5.41, 5.74) is 0. The number of nitrogens with one attached hydrogen (secondary N) is 1. The Balaban J connectivity index is 1.55. The summed E-state index contributed by atoms with van der Waals surface area (Å²) in [5.74, 6) is -0.819. The number of rotatable bonds is 6. The van der Waals surface area contributed by atoms with Gasteiger partial charge in [0.15, 0.2) is 0 Å². The van der Waals surface area contributed by atoms with Crippen LogP contribution in [0.1, 0.15) is 64.2 Å². The van der Waals surface area contributed by atoms with Gasteiger partial charge in [-0.25, -0.2) is 0 Å². The molecule has 0 atom stereocenters. The van der Waals surface area contributed by atoms with Crippen molar-refractivity contribution in [2.75, 3.05) is 6.61 Å². The van der Waals surface area contributed by atoms with Crippen LogP contribution in [0.2, 0.25) is 0 Å². The smallest absolute Gasteiger partial charge is 0.306 e. The first-order valence-corrected chi connectivity index (χ1v) is 8.29. The van der Waals surface area contributed by atoms with E-state index < -0.39 is 5.97 Å². The largest absolute Gasteiger partial charge is 0.481 e. The molecule has 0 bridgehead atoms. The number of carbonyl (C=O) groups is 2. The van der Waals surface area contributed by atoms with E-state index in [0.717, 1.165) is 25.7 Å². The average molecular weight is 297 g/mol. The van der Waals surface area contributed by atoms with Gasteiger partial charge in [-0.15, -0.1) is 0 Å². The molecule has 2 N–H and O–H groups in total. The predicted molar refractivity (Wildman–Crippen MR) is 79.0 cm³/mol. The highest BCUT2D eigenvalue weighted by Gasteiger charge is 2.26. The lowest BCUT2D eigenvalue weighted by atomic mass is 9.87. The number of carboxylic acid groups (broad SMARTS) is 1. The topological polar surface area (TPSA) is 75.6 Å². The van der Waals surface area contributed by atoms with Crippen LogP contribution in [0, 0.1) is 5.92 Å². The zero-order valence-corrected chi connectivity index (χ0v) is 12.7. The number of carbonyl (C=O) groups excluding carboxylic acids is 1. The minimum atomic E-state index is -0.694. The Morgan fingerprint density at radius 2 is 1.67 bits per heavy atom. The van der Waals surface area contributed by atoms with Gasteiger partial charge in [0.1, 0.15) is 0 Å². The van der Waals surface area contributed by atoms with E-state index in [9.17, 15) is 9.59 Å². The highest BCUT2D eigenvalue weighted by molar-refractivity contribution is 5.76. The van der Waals surface area contributed by atoms with Gasteiger partial charge >= 0.3 is 5.97 Å². The van der Waals surface area contributed by atoms with Crippen LogP contribution in [0.3, 0.4) is 0 Å². The summed E-state index contributed by atoms with van der Waals surface area (Å²) in [4.78, 5) is 22.7. The number of amides is 1. The second kappa shape index (κ2) is 8.37. The molecular weight excluding hydrogens is 270 g/mol. The van der Waals surface area contributed by atoms with E-state index in [4.69, 9.17) is 9.84 Å². The fourth-order valence-electron chi connectivity index (χ4n) is 3.34. The van der Waals surface area contributed by atoms with E-state index in [0.29, 0.717) is 31.9 Å². The van der Waals surface area contributed by atoms with E-state index in [1.54, 1.807) is 0 Å². The minimum absolute atomic E-state index is 0.0844. The van der Waals surface area contributed by atoms with Gasteiger partial charge in [0.05, 0.1) is 18.6 Å². The number of ether oxygens (including phenoxy) is 1. The van der Waals surface area contributed by atoms with Crippen LogP contribution in [0.4, 0.5) is 0 Å². The first-order chi connectivity index (χ1) is 10.1. The van der Waals surface area contributed by atoms with Crippen molar-refractivity contribution < 1.29 is 19.4 Å². The Labute approximate surface area is 126 Å². The molecule has 2 rings (SSSR count). The molecule has 21 heavy (non-hydrogen) atoms. The third kappa shape index (κ3) is 5.65. The summed E-state index contributed by atoms with van der Waals surface area (Å²) >= 11 is 0. The molecule has 0 saturated heterocycles. The molecule has 2 saturated carbocycles. The average Bonchev–Trinajstić information content (AvgIpc) is 2.49. The van der Waals surface area contributed by atoms with Gasteiger partial charge in [-0.1, -0.05) is 19.3 Å². The molecule has 1 amide bonds. The lowest BCUT2D eigenvalue weighted by Gasteiger charge is -2.26. The quantitative estimate of drug-likeness (QED) is 0.789. The maximum atomic E-state index is 11.8. The molecule has 2 aliphatic carbocycles. The zero-order valence-electron chi connectivity index (χ0n) is 12.7.